The van der Waals surface area contributed by atoms with E-state index < -0.39 is 0 Å². The van der Waals surface area contributed by atoms with Crippen molar-refractivity contribution in [3.63, 3.8) is 0 Å². The molecule has 112 valence electrons. The highest BCUT2D eigenvalue weighted by atomic mass is 127. The van der Waals surface area contributed by atoms with Crippen LogP contribution in [0, 0.1) is 23.2 Å². The third-order valence-corrected chi connectivity index (χ3v) is 5.13. The summed E-state index contributed by atoms with van der Waals surface area (Å²) in [6, 6.07) is 11.9. The predicted octanol–water partition coefficient (Wildman–Crippen LogP) is 5.14. The summed E-state index contributed by atoms with van der Waals surface area (Å²) in [5.41, 5.74) is 4.14. The molecule has 0 heterocycles. The average Bonchev–Trinajstić information content (AvgIpc) is 2.47. The summed E-state index contributed by atoms with van der Waals surface area (Å²) in [5, 5.41) is 3.55. The minimum absolute atomic E-state index is 0.0341. The summed E-state index contributed by atoms with van der Waals surface area (Å²) in [5.74, 6) is -0.140. The maximum Gasteiger partial charge on any atom is 0.126 e. The molecule has 1 nitrogen and oxygen atoms in total. The van der Waals surface area contributed by atoms with Crippen molar-refractivity contribution in [1.29, 1.82) is 0 Å². The standard InChI is InChI=1S/C18H21FIN/c1-4-10-21-18(14-9-8-12(2)16(19)11-14)15-7-5-6-13(3)17(15)20/h5-9,11,18,21H,4,10H2,1-3H3. The van der Waals surface area contributed by atoms with Crippen LogP contribution in [0.2, 0.25) is 0 Å². The maximum absolute atomic E-state index is 13.9. The molecule has 0 saturated heterocycles. The molecule has 1 unspecified atom stereocenters. The number of nitrogens with one attached hydrogen (secondary N) is 1. The van der Waals surface area contributed by atoms with Crippen molar-refractivity contribution in [2.24, 2.45) is 0 Å². The second-order valence-electron chi connectivity index (χ2n) is 5.37. The van der Waals surface area contributed by atoms with Crippen LogP contribution in [0.25, 0.3) is 0 Å². The fraction of sp³-hybridized carbons (Fsp3) is 0.333. The molecule has 2 rings (SSSR count). The molecule has 1 N–H and O–H groups in total. The van der Waals surface area contributed by atoms with Crippen LogP contribution in [0.15, 0.2) is 36.4 Å². The van der Waals surface area contributed by atoms with Gasteiger partial charge in [-0.2, -0.15) is 0 Å². The average molecular weight is 397 g/mol. The molecule has 0 fully saturated rings. The molecule has 2 aromatic carbocycles. The van der Waals surface area contributed by atoms with E-state index in [9.17, 15) is 4.39 Å². The van der Waals surface area contributed by atoms with E-state index in [0.717, 1.165) is 18.5 Å². The third-order valence-electron chi connectivity index (χ3n) is 3.66. The number of benzene rings is 2. The summed E-state index contributed by atoms with van der Waals surface area (Å²) in [7, 11) is 0. The van der Waals surface area contributed by atoms with Gasteiger partial charge >= 0.3 is 0 Å². The van der Waals surface area contributed by atoms with Gasteiger partial charge in [0.1, 0.15) is 5.82 Å². The Bertz CT molecular complexity index is 625. The Morgan fingerprint density at radius 3 is 2.57 bits per heavy atom. The van der Waals surface area contributed by atoms with Crippen molar-refractivity contribution >= 4 is 22.6 Å². The molecule has 0 spiro atoms. The van der Waals surface area contributed by atoms with Crippen molar-refractivity contribution in [3.05, 3.63) is 68.0 Å². The molecule has 0 bridgehead atoms. The molecular weight excluding hydrogens is 376 g/mol. The number of aryl methyl sites for hydroxylation is 2. The molecule has 0 aliphatic rings. The molecule has 0 saturated carbocycles. The van der Waals surface area contributed by atoms with Crippen LogP contribution < -0.4 is 5.32 Å². The summed E-state index contributed by atoms with van der Waals surface area (Å²) >= 11 is 2.38. The third kappa shape index (κ3) is 3.83. The van der Waals surface area contributed by atoms with Gasteiger partial charge in [-0.1, -0.05) is 37.3 Å². The Morgan fingerprint density at radius 2 is 1.90 bits per heavy atom. The lowest BCUT2D eigenvalue weighted by Gasteiger charge is -2.22. The quantitative estimate of drug-likeness (QED) is 0.690. The second-order valence-corrected chi connectivity index (χ2v) is 6.45. The molecule has 0 aliphatic carbocycles. The molecule has 0 amide bonds. The molecule has 0 aliphatic heterocycles. The van der Waals surface area contributed by atoms with Crippen molar-refractivity contribution in [3.8, 4) is 0 Å². The number of rotatable bonds is 5. The first-order valence-electron chi connectivity index (χ1n) is 7.29. The van der Waals surface area contributed by atoms with Crippen molar-refractivity contribution in [2.75, 3.05) is 6.54 Å². The lowest BCUT2D eigenvalue weighted by Crippen LogP contribution is -2.24. The zero-order chi connectivity index (χ0) is 15.4. The van der Waals surface area contributed by atoms with Crippen LogP contribution in [0.1, 0.15) is 41.6 Å². The molecule has 21 heavy (non-hydrogen) atoms. The van der Waals surface area contributed by atoms with Crippen LogP contribution in [0.5, 0.6) is 0 Å². The minimum atomic E-state index is -0.140. The van der Waals surface area contributed by atoms with Crippen LogP contribution >= 0.6 is 22.6 Å². The van der Waals surface area contributed by atoms with Gasteiger partial charge in [0.25, 0.3) is 0 Å². The van der Waals surface area contributed by atoms with E-state index >= 15 is 0 Å². The Morgan fingerprint density at radius 1 is 1.14 bits per heavy atom. The zero-order valence-corrected chi connectivity index (χ0v) is 14.9. The zero-order valence-electron chi connectivity index (χ0n) is 12.7. The fourth-order valence-corrected chi connectivity index (χ4v) is 3.05. The lowest BCUT2D eigenvalue weighted by atomic mass is 9.96. The van der Waals surface area contributed by atoms with Gasteiger partial charge < -0.3 is 5.32 Å². The molecular formula is C18H21FIN. The first-order valence-corrected chi connectivity index (χ1v) is 8.37. The Labute approximate surface area is 140 Å². The van der Waals surface area contributed by atoms with E-state index in [4.69, 9.17) is 0 Å². The number of hydrogen-bond acceptors (Lipinski definition) is 1. The van der Waals surface area contributed by atoms with Gasteiger partial charge in [0.15, 0.2) is 0 Å². The highest BCUT2D eigenvalue weighted by molar-refractivity contribution is 14.1. The van der Waals surface area contributed by atoms with Crippen molar-refractivity contribution in [2.45, 2.75) is 33.2 Å². The summed E-state index contributed by atoms with van der Waals surface area (Å²) in [6.07, 6.45) is 1.05. The van der Waals surface area contributed by atoms with Crippen molar-refractivity contribution in [1.82, 2.24) is 5.32 Å². The Balaban J connectivity index is 2.47. The first-order chi connectivity index (χ1) is 10.0. The smallest absolute Gasteiger partial charge is 0.126 e. The van der Waals surface area contributed by atoms with Crippen LogP contribution in [-0.4, -0.2) is 6.54 Å². The van der Waals surface area contributed by atoms with Gasteiger partial charge in [-0.25, -0.2) is 4.39 Å². The van der Waals surface area contributed by atoms with Crippen LogP contribution in [0.3, 0.4) is 0 Å². The van der Waals surface area contributed by atoms with Crippen LogP contribution in [-0.2, 0) is 0 Å². The van der Waals surface area contributed by atoms with Gasteiger partial charge in [-0.3, -0.25) is 0 Å². The minimum Gasteiger partial charge on any atom is -0.306 e. The monoisotopic (exact) mass is 397 g/mol. The first kappa shape index (κ1) is 16.4. The van der Waals surface area contributed by atoms with Gasteiger partial charge in [0.05, 0.1) is 6.04 Å². The molecule has 1 atom stereocenters. The topological polar surface area (TPSA) is 12.0 Å². The predicted molar refractivity (Wildman–Crippen MR) is 95.2 cm³/mol. The fourth-order valence-electron chi connectivity index (χ4n) is 2.38. The molecule has 0 radical (unpaired) electrons. The van der Waals surface area contributed by atoms with E-state index in [0.29, 0.717) is 5.56 Å². The Kier molecular flexibility index (Phi) is 5.76. The van der Waals surface area contributed by atoms with Gasteiger partial charge in [0.2, 0.25) is 0 Å². The highest BCUT2D eigenvalue weighted by Crippen LogP contribution is 2.29. The molecule has 3 heteroatoms. The van der Waals surface area contributed by atoms with E-state index in [-0.39, 0.29) is 11.9 Å². The molecule has 2 aromatic rings. The summed E-state index contributed by atoms with van der Waals surface area (Å²) in [4.78, 5) is 0. The van der Waals surface area contributed by atoms with Crippen molar-refractivity contribution < 1.29 is 4.39 Å². The van der Waals surface area contributed by atoms with Gasteiger partial charge in [-0.05, 0) is 77.7 Å². The maximum atomic E-state index is 13.9. The number of hydrogen-bond donors (Lipinski definition) is 1. The highest BCUT2D eigenvalue weighted by Gasteiger charge is 2.17. The van der Waals surface area contributed by atoms with Gasteiger partial charge in [-0.15, -0.1) is 0 Å². The van der Waals surface area contributed by atoms with E-state index in [1.54, 1.807) is 13.0 Å². The SMILES string of the molecule is CCCNC(c1ccc(C)c(F)c1)c1cccc(C)c1I. The second kappa shape index (κ2) is 7.36. The van der Waals surface area contributed by atoms with E-state index in [1.165, 1.54) is 14.7 Å². The number of halogens is 2. The normalized spacial score (nSPS) is 12.4. The van der Waals surface area contributed by atoms with E-state index in [2.05, 4.69) is 60.0 Å². The van der Waals surface area contributed by atoms with E-state index in [1.807, 2.05) is 12.1 Å². The Hall–Kier alpha value is -0.940. The van der Waals surface area contributed by atoms with Gasteiger partial charge in [0, 0.05) is 3.57 Å². The summed E-state index contributed by atoms with van der Waals surface area (Å²) < 4.78 is 15.2. The lowest BCUT2D eigenvalue weighted by molar-refractivity contribution is 0.581. The largest absolute Gasteiger partial charge is 0.306 e. The van der Waals surface area contributed by atoms with Crippen LogP contribution in [0.4, 0.5) is 4.39 Å². The molecule has 0 aromatic heterocycles. The summed E-state index contributed by atoms with van der Waals surface area (Å²) in [6.45, 7) is 6.95.